The number of nitrogens with two attached hydrogens (primary N) is 1. The van der Waals surface area contributed by atoms with Crippen molar-refractivity contribution in [1.82, 2.24) is 0 Å². The van der Waals surface area contributed by atoms with Crippen LogP contribution >= 0.6 is 31.9 Å². The van der Waals surface area contributed by atoms with Gasteiger partial charge in [0.2, 0.25) is 0 Å². The van der Waals surface area contributed by atoms with Gasteiger partial charge in [-0.25, -0.2) is 0 Å². The summed E-state index contributed by atoms with van der Waals surface area (Å²) >= 11 is 6.49. The standard InChI is InChI=1S/C10H13Br2NO2/c11-4-3-9(14)10(15)7-2-1-6(12)5-8(7)13/h1-2,5,9-10,14-15H,3-4,13H2. The third-order valence-corrected chi connectivity index (χ3v) is 3.09. The van der Waals surface area contributed by atoms with Crippen LogP contribution in [0.4, 0.5) is 5.69 Å². The average Bonchev–Trinajstić information content (AvgIpc) is 2.17. The van der Waals surface area contributed by atoms with E-state index in [1.54, 1.807) is 18.2 Å². The lowest BCUT2D eigenvalue weighted by Gasteiger charge is -2.18. The first-order valence-electron chi connectivity index (χ1n) is 4.53. The zero-order chi connectivity index (χ0) is 11.4. The van der Waals surface area contributed by atoms with Crippen molar-refractivity contribution in [1.29, 1.82) is 0 Å². The maximum Gasteiger partial charge on any atom is 0.107 e. The normalized spacial score (nSPS) is 14.9. The van der Waals surface area contributed by atoms with E-state index in [2.05, 4.69) is 31.9 Å². The van der Waals surface area contributed by atoms with Gasteiger partial charge in [0.05, 0.1) is 6.10 Å². The maximum atomic E-state index is 9.83. The Kier molecular flexibility index (Phi) is 5.05. The second-order valence-corrected chi connectivity index (χ2v) is 4.97. The molecule has 0 aliphatic rings. The minimum atomic E-state index is -0.935. The molecule has 0 amide bonds. The number of benzene rings is 1. The third kappa shape index (κ3) is 3.45. The summed E-state index contributed by atoms with van der Waals surface area (Å²) in [7, 11) is 0. The first-order valence-corrected chi connectivity index (χ1v) is 6.44. The van der Waals surface area contributed by atoms with Gasteiger partial charge in [-0.1, -0.05) is 37.9 Å². The lowest BCUT2D eigenvalue weighted by molar-refractivity contribution is 0.0178. The van der Waals surface area contributed by atoms with Gasteiger partial charge in [0.1, 0.15) is 6.10 Å². The highest BCUT2D eigenvalue weighted by molar-refractivity contribution is 9.10. The number of alkyl halides is 1. The number of aliphatic hydroxyl groups is 2. The van der Waals surface area contributed by atoms with Crippen molar-refractivity contribution in [2.24, 2.45) is 0 Å². The van der Waals surface area contributed by atoms with Crippen LogP contribution in [0.5, 0.6) is 0 Å². The molecular formula is C10H13Br2NO2. The molecule has 0 bridgehead atoms. The summed E-state index contributed by atoms with van der Waals surface area (Å²) in [4.78, 5) is 0. The number of aliphatic hydroxyl groups excluding tert-OH is 2. The number of hydrogen-bond acceptors (Lipinski definition) is 3. The molecule has 0 aromatic heterocycles. The quantitative estimate of drug-likeness (QED) is 0.582. The van der Waals surface area contributed by atoms with Crippen molar-refractivity contribution < 1.29 is 10.2 Å². The van der Waals surface area contributed by atoms with Crippen LogP contribution in [0, 0.1) is 0 Å². The molecule has 1 rings (SSSR count). The van der Waals surface area contributed by atoms with E-state index in [4.69, 9.17) is 5.73 Å². The van der Waals surface area contributed by atoms with Crippen molar-refractivity contribution in [3.05, 3.63) is 28.2 Å². The van der Waals surface area contributed by atoms with Crippen LogP contribution in [0.3, 0.4) is 0 Å². The van der Waals surface area contributed by atoms with Crippen LogP contribution in [-0.2, 0) is 0 Å². The second-order valence-electron chi connectivity index (χ2n) is 3.26. The van der Waals surface area contributed by atoms with Crippen LogP contribution in [0.25, 0.3) is 0 Å². The molecule has 2 atom stereocenters. The second kappa shape index (κ2) is 5.84. The fourth-order valence-electron chi connectivity index (χ4n) is 1.29. The van der Waals surface area contributed by atoms with E-state index in [0.29, 0.717) is 23.0 Å². The van der Waals surface area contributed by atoms with Gasteiger partial charge in [0.15, 0.2) is 0 Å². The molecule has 0 saturated carbocycles. The van der Waals surface area contributed by atoms with Gasteiger partial charge < -0.3 is 15.9 Å². The number of halogens is 2. The van der Waals surface area contributed by atoms with E-state index in [-0.39, 0.29) is 0 Å². The van der Waals surface area contributed by atoms with Gasteiger partial charge in [0.25, 0.3) is 0 Å². The molecule has 0 radical (unpaired) electrons. The molecule has 84 valence electrons. The molecular weight excluding hydrogens is 326 g/mol. The average molecular weight is 339 g/mol. The Morgan fingerprint density at radius 2 is 2.00 bits per heavy atom. The van der Waals surface area contributed by atoms with E-state index < -0.39 is 12.2 Å². The smallest absolute Gasteiger partial charge is 0.107 e. The van der Waals surface area contributed by atoms with Crippen molar-refractivity contribution in [2.45, 2.75) is 18.6 Å². The summed E-state index contributed by atoms with van der Waals surface area (Å²) in [5.41, 5.74) is 6.78. The highest BCUT2D eigenvalue weighted by Gasteiger charge is 2.19. The minimum Gasteiger partial charge on any atom is -0.398 e. The first-order chi connectivity index (χ1) is 7.06. The Bertz CT molecular complexity index is 333. The molecule has 0 aliphatic carbocycles. The van der Waals surface area contributed by atoms with Crippen molar-refractivity contribution >= 4 is 37.5 Å². The fourth-order valence-corrected chi connectivity index (χ4v) is 2.14. The van der Waals surface area contributed by atoms with E-state index in [1.165, 1.54) is 0 Å². The minimum absolute atomic E-state index is 0.477. The molecule has 4 N–H and O–H groups in total. The fraction of sp³-hybridized carbons (Fsp3) is 0.400. The molecule has 2 unspecified atom stereocenters. The summed E-state index contributed by atoms with van der Waals surface area (Å²) < 4.78 is 0.853. The number of hydrogen-bond donors (Lipinski definition) is 3. The molecule has 3 nitrogen and oxygen atoms in total. The highest BCUT2D eigenvalue weighted by Crippen LogP contribution is 2.27. The van der Waals surface area contributed by atoms with E-state index in [0.717, 1.165) is 4.47 Å². The van der Waals surface area contributed by atoms with E-state index in [1.807, 2.05) is 0 Å². The molecule has 0 fully saturated rings. The van der Waals surface area contributed by atoms with Crippen LogP contribution in [-0.4, -0.2) is 21.6 Å². The summed E-state index contributed by atoms with van der Waals surface area (Å²) in [6.45, 7) is 0. The summed E-state index contributed by atoms with van der Waals surface area (Å²) in [5, 5.41) is 20.1. The van der Waals surface area contributed by atoms with Gasteiger partial charge in [0, 0.05) is 21.1 Å². The van der Waals surface area contributed by atoms with E-state index >= 15 is 0 Å². The summed E-state index contributed by atoms with van der Waals surface area (Å²) in [6.07, 6.45) is -1.25. The molecule has 1 aromatic carbocycles. The molecule has 15 heavy (non-hydrogen) atoms. The van der Waals surface area contributed by atoms with Crippen molar-refractivity contribution in [2.75, 3.05) is 11.1 Å². The molecule has 0 spiro atoms. The Morgan fingerprint density at radius 1 is 1.33 bits per heavy atom. The number of nitrogen functional groups attached to an aromatic ring is 1. The lowest BCUT2D eigenvalue weighted by Crippen LogP contribution is -2.19. The largest absolute Gasteiger partial charge is 0.398 e. The summed E-state index contributed by atoms with van der Waals surface area (Å²) in [6, 6.07) is 5.21. The molecule has 1 aromatic rings. The molecule has 0 heterocycles. The zero-order valence-corrected chi connectivity index (χ0v) is 11.2. The number of anilines is 1. The lowest BCUT2D eigenvalue weighted by atomic mass is 10.0. The Morgan fingerprint density at radius 3 is 2.53 bits per heavy atom. The Labute approximate surface area is 106 Å². The van der Waals surface area contributed by atoms with Crippen LogP contribution < -0.4 is 5.73 Å². The summed E-state index contributed by atoms with van der Waals surface area (Å²) in [5.74, 6) is 0. The molecule has 0 saturated heterocycles. The molecule has 5 heteroatoms. The topological polar surface area (TPSA) is 66.5 Å². The monoisotopic (exact) mass is 337 g/mol. The molecule has 0 aliphatic heterocycles. The third-order valence-electron chi connectivity index (χ3n) is 2.14. The maximum absolute atomic E-state index is 9.83. The van der Waals surface area contributed by atoms with Gasteiger partial charge >= 0.3 is 0 Å². The van der Waals surface area contributed by atoms with Crippen LogP contribution in [0.1, 0.15) is 18.1 Å². The first kappa shape index (κ1) is 13.0. The Hall–Kier alpha value is -0.100. The van der Waals surface area contributed by atoms with Crippen molar-refractivity contribution in [3.63, 3.8) is 0 Å². The Balaban J connectivity index is 2.86. The van der Waals surface area contributed by atoms with E-state index in [9.17, 15) is 10.2 Å². The van der Waals surface area contributed by atoms with Gasteiger partial charge in [-0.3, -0.25) is 0 Å². The van der Waals surface area contributed by atoms with Gasteiger partial charge in [-0.15, -0.1) is 0 Å². The van der Waals surface area contributed by atoms with Crippen molar-refractivity contribution in [3.8, 4) is 0 Å². The predicted molar refractivity (Wildman–Crippen MR) is 67.9 cm³/mol. The number of rotatable bonds is 4. The van der Waals surface area contributed by atoms with Crippen LogP contribution in [0.2, 0.25) is 0 Å². The zero-order valence-electron chi connectivity index (χ0n) is 8.03. The highest BCUT2D eigenvalue weighted by atomic mass is 79.9. The van der Waals surface area contributed by atoms with Gasteiger partial charge in [-0.2, -0.15) is 0 Å². The van der Waals surface area contributed by atoms with Crippen LogP contribution in [0.15, 0.2) is 22.7 Å². The SMILES string of the molecule is Nc1cc(Br)ccc1C(O)C(O)CCBr. The predicted octanol–water partition coefficient (Wildman–Crippen LogP) is 2.21. The van der Waals surface area contributed by atoms with Gasteiger partial charge in [-0.05, 0) is 18.6 Å².